The van der Waals surface area contributed by atoms with Crippen LogP contribution in [0.2, 0.25) is 0 Å². The van der Waals surface area contributed by atoms with E-state index < -0.39 is 6.61 Å². The van der Waals surface area contributed by atoms with E-state index in [-0.39, 0.29) is 17.2 Å². The van der Waals surface area contributed by atoms with Gasteiger partial charge in [0, 0.05) is 25.7 Å². The van der Waals surface area contributed by atoms with E-state index in [1.807, 2.05) is 12.1 Å². The third-order valence-electron chi connectivity index (χ3n) is 3.95. The molecule has 20 heavy (non-hydrogen) atoms. The number of ether oxygens (including phenoxy) is 1. The van der Waals surface area contributed by atoms with Crippen LogP contribution in [0.3, 0.4) is 0 Å². The lowest BCUT2D eigenvalue weighted by Crippen LogP contribution is -2.52. The second-order valence-corrected chi connectivity index (χ2v) is 6.12. The van der Waals surface area contributed by atoms with Gasteiger partial charge in [0.15, 0.2) is 0 Å². The molecule has 0 radical (unpaired) electrons. The normalized spacial score (nSPS) is 23.0. The molecule has 1 saturated heterocycles. The smallest absolute Gasteiger partial charge is 0.387 e. The molecule has 0 amide bonds. The van der Waals surface area contributed by atoms with Crippen molar-refractivity contribution in [2.45, 2.75) is 39.5 Å². The summed E-state index contributed by atoms with van der Waals surface area (Å²) in [6, 6.07) is 7.07. The Balaban J connectivity index is 1.93. The number of piperidine rings is 1. The van der Waals surface area contributed by atoms with Crippen LogP contribution in [0.25, 0.3) is 0 Å². The van der Waals surface area contributed by atoms with E-state index in [2.05, 4.69) is 23.5 Å². The summed E-state index contributed by atoms with van der Waals surface area (Å²) in [5.74, 6) is 0.199. The van der Waals surface area contributed by atoms with Crippen LogP contribution in [-0.4, -0.2) is 30.6 Å². The number of hydrogen-bond acceptors (Lipinski definition) is 3. The van der Waals surface area contributed by atoms with Gasteiger partial charge in [-0.15, -0.1) is 0 Å². The highest BCUT2D eigenvalue weighted by atomic mass is 19.3. The summed E-state index contributed by atoms with van der Waals surface area (Å²) in [6.45, 7) is 4.33. The zero-order valence-electron chi connectivity index (χ0n) is 12.0. The monoisotopic (exact) mass is 284 g/mol. The second kappa shape index (κ2) is 6.06. The van der Waals surface area contributed by atoms with Crippen LogP contribution in [0.1, 0.15) is 25.8 Å². The topological polar surface area (TPSA) is 38.5 Å². The Labute approximate surface area is 118 Å². The Morgan fingerprint density at radius 1 is 1.35 bits per heavy atom. The summed E-state index contributed by atoms with van der Waals surface area (Å²) in [4.78, 5) is 2.35. The fourth-order valence-electron chi connectivity index (χ4n) is 2.65. The first-order valence-electron chi connectivity index (χ1n) is 6.88. The summed E-state index contributed by atoms with van der Waals surface area (Å²) >= 11 is 0. The van der Waals surface area contributed by atoms with E-state index in [9.17, 15) is 8.78 Å². The van der Waals surface area contributed by atoms with Gasteiger partial charge in [-0.2, -0.15) is 8.78 Å². The molecular formula is C15H22F2N2O. The van der Waals surface area contributed by atoms with Crippen molar-refractivity contribution < 1.29 is 13.5 Å². The van der Waals surface area contributed by atoms with Gasteiger partial charge in [-0.1, -0.05) is 26.0 Å². The third-order valence-corrected chi connectivity index (χ3v) is 3.95. The molecule has 3 nitrogen and oxygen atoms in total. The minimum absolute atomic E-state index is 0.108. The fourth-order valence-corrected chi connectivity index (χ4v) is 2.65. The molecule has 1 aromatic carbocycles. The van der Waals surface area contributed by atoms with Crippen molar-refractivity contribution in [2.75, 3.05) is 13.1 Å². The van der Waals surface area contributed by atoms with Gasteiger partial charge in [0.2, 0.25) is 0 Å². The van der Waals surface area contributed by atoms with Crippen molar-refractivity contribution in [1.82, 2.24) is 4.90 Å². The molecule has 112 valence electrons. The first-order chi connectivity index (χ1) is 9.37. The van der Waals surface area contributed by atoms with Crippen LogP contribution in [0, 0.1) is 5.41 Å². The zero-order chi connectivity index (χ0) is 14.8. The average molecular weight is 284 g/mol. The van der Waals surface area contributed by atoms with E-state index in [1.54, 1.807) is 12.1 Å². The highest BCUT2D eigenvalue weighted by molar-refractivity contribution is 5.27. The molecule has 1 unspecified atom stereocenters. The van der Waals surface area contributed by atoms with Crippen molar-refractivity contribution in [3.05, 3.63) is 29.8 Å². The lowest BCUT2D eigenvalue weighted by molar-refractivity contribution is -0.0498. The molecular weight excluding hydrogens is 262 g/mol. The van der Waals surface area contributed by atoms with Gasteiger partial charge >= 0.3 is 6.61 Å². The number of likely N-dealkylation sites (tertiary alicyclic amines) is 1. The molecule has 0 aromatic heterocycles. The number of nitrogens with zero attached hydrogens (tertiary/aromatic N) is 1. The quantitative estimate of drug-likeness (QED) is 0.924. The number of nitrogens with two attached hydrogens (primary N) is 1. The Morgan fingerprint density at radius 2 is 2.00 bits per heavy atom. The van der Waals surface area contributed by atoms with Crippen molar-refractivity contribution >= 4 is 0 Å². The Kier molecular flexibility index (Phi) is 4.60. The minimum atomic E-state index is -2.77. The lowest BCUT2D eigenvalue weighted by Gasteiger charge is -2.42. The van der Waals surface area contributed by atoms with Crippen LogP contribution in [0.4, 0.5) is 8.78 Å². The molecule has 1 aliphatic rings. The second-order valence-electron chi connectivity index (χ2n) is 6.12. The van der Waals surface area contributed by atoms with Gasteiger partial charge in [0.05, 0.1) is 0 Å². The van der Waals surface area contributed by atoms with Crippen LogP contribution in [0.5, 0.6) is 5.75 Å². The summed E-state index contributed by atoms with van der Waals surface area (Å²) in [6.07, 6.45) is 0.986. The largest absolute Gasteiger partial charge is 0.435 e. The summed E-state index contributed by atoms with van der Waals surface area (Å²) in [5, 5.41) is 0. The number of rotatable bonds is 4. The first-order valence-corrected chi connectivity index (χ1v) is 6.88. The predicted octanol–water partition coefficient (Wildman–Crippen LogP) is 2.85. The average Bonchev–Trinajstić information content (AvgIpc) is 2.35. The molecule has 0 saturated carbocycles. The Bertz CT molecular complexity index is 434. The van der Waals surface area contributed by atoms with Gasteiger partial charge in [0.25, 0.3) is 0 Å². The van der Waals surface area contributed by atoms with E-state index in [0.29, 0.717) is 0 Å². The molecule has 1 atom stereocenters. The van der Waals surface area contributed by atoms with E-state index in [4.69, 9.17) is 5.73 Å². The van der Waals surface area contributed by atoms with Crippen LogP contribution >= 0.6 is 0 Å². The minimum Gasteiger partial charge on any atom is -0.435 e. The molecule has 0 bridgehead atoms. The van der Waals surface area contributed by atoms with E-state index in [1.165, 1.54) is 0 Å². The summed E-state index contributed by atoms with van der Waals surface area (Å²) in [7, 11) is 0. The Hall–Kier alpha value is -1.20. The molecule has 2 N–H and O–H groups in total. The highest BCUT2D eigenvalue weighted by Gasteiger charge is 2.33. The molecule has 2 rings (SSSR count). The first kappa shape index (κ1) is 15.2. The number of benzene rings is 1. The maximum atomic E-state index is 12.1. The van der Waals surface area contributed by atoms with Gasteiger partial charge in [-0.3, -0.25) is 4.90 Å². The van der Waals surface area contributed by atoms with Crippen LogP contribution in [0.15, 0.2) is 24.3 Å². The third kappa shape index (κ3) is 3.90. The predicted molar refractivity (Wildman–Crippen MR) is 74.7 cm³/mol. The zero-order valence-corrected chi connectivity index (χ0v) is 12.0. The Morgan fingerprint density at radius 3 is 2.55 bits per heavy atom. The van der Waals surface area contributed by atoms with Crippen LogP contribution in [-0.2, 0) is 6.54 Å². The molecule has 1 aromatic rings. The van der Waals surface area contributed by atoms with Crippen LogP contribution < -0.4 is 10.5 Å². The van der Waals surface area contributed by atoms with Crippen molar-refractivity contribution in [1.29, 1.82) is 0 Å². The van der Waals surface area contributed by atoms with E-state index in [0.717, 1.165) is 31.6 Å². The van der Waals surface area contributed by atoms with Gasteiger partial charge < -0.3 is 10.5 Å². The summed E-state index contributed by atoms with van der Waals surface area (Å²) < 4.78 is 28.5. The van der Waals surface area contributed by atoms with Gasteiger partial charge in [-0.25, -0.2) is 0 Å². The highest BCUT2D eigenvalue weighted by Crippen LogP contribution is 2.28. The molecule has 0 spiro atoms. The molecule has 1 heterocycles. The van der Waals surface area contributed by atoms with Gasteiger partial charge in [-0.05, 0) is 29.5 Å². The fraction of sp³-hybridized carbons (Fsp3) is 0.600. The summed E-state index contributed by atoms with van der Waals surface area (Å²) in [5.41, 5.74) is 7.32. The maximum absolute atomic E-state index is 12.1. The van der Waals surface area contributed by atoms with Crippen molar-refractivity contribution in [2.24, 2.45) is 11.1 Å². The number of hydrogen-bond donors (Lipinski definition) is 1. The molecule has 5 heteroatoms. The molecule has 0 aliphatic carbocycles. The van der Waals surface area contributed by atoms with E-state index >= 15 is 0 Å². The maximum Gasteiger partial charge on any atom is 0.387 e. The molecule has 1 aliphatic heterocycles. The van der Waals surface area contributed by atoms with Gasteiger partial charge in [0.1, 0.15) is 5.75 Å². The van der Waals surface area contributed by atoms with Crippen molar-refractivity contribution in [3.63, 3.8) is 0 Å². The number of alkyl halides is 2. The lowest BCUT2D eigenvalue weighted by atomic mass is 9.79. The molecule has 1 fully saturated rings. The SMILES string of the molecule is CC1(C)CN(Cc2ccc(OC(F)F)cc2)CCC1N. The standard InChI is InChI=1S/C15H22F2N2O/c1-15(2)10-19(8-7-13(15)18)9-11-3-5-12(6-4-11)20-14(16)17/h3-6,13-14H,7-10,18H2,1-2H3. The number of halogens is 2. The van der Waals surface area contributed by atoms with Crippen molar-refractivity contribution in [3.8, 4) is 5.75 Å².